The predicted octanol–water partition coefficient (Wildman–Crippen LogP) is -1.71. The maximum atomic E-state index is 5.78. The molecule has 7 nitrogen and oxygen atoms in total. The van der Waals surface area contributed by atoms with Crippen molar-refractivity contribution < 1.29 is 4.74 Å². The molecule has 1 heterocycles. The first-order valence-electron chi connectivity index (χ1n) is 4.72. The summed E-state index contributed by atoms with van der Waals surface area (Å²) < 4.78 is 5.48. The lowest BCUT2D eigenvalue weighted by Crippen LogP contribution is -2.50. The van der Waals surface area contributed by atoms with Crippen molar-refractivity contribution in [3.8, 4) is 0 Å². The lowest BCUT2D eigenvalue weighted by atomic mass is 10.1. The number of ether oxygens (including phenoxy) is 1. The summed E-state index contributed by atoms with van der Waals surface area (Å²) in [5, 5.41) is 5.63. The van der Waals surface area contributed by atoms with E-state index in [-0.39, 0.29) is 11.8 Å². The molecule has 8 N–H and O–H groups in total. The molecule has 1 aliphatic heterocycles. The van der Waals surface area contributed by atoms with E-state index in [0.29, 0.717) is 12.4 Å². The third-order valence-corrected chi connectivity index (χ3v) is 2.09. The average Bonchev–Trinajstić information content (AvgIpc) is 2.14. The van der Waals surface area contributed by atoms with Gasteiger partial charge in [0.15, 0.2) is 5.96 Å². The molecule has 0 saturated carbocycles. The first kappa shape index (κ1) is 11.6. The SMILES string of the molecule is CCNCOC1(C)N=C(N)NC(N)=C1N. The molecular formula is C8H18N6O. The maximum absolute atomic E-state index is 5.78. The highest BCUT2D eigenvalue weighted by Crippen LogP contribution is 2.21. The molecule has 0 spiro atoms. The standard InChI is InChI=1S/C8H18N6O/c1-3-12-4-15-8(2)5(9)6(10)13-7(11)14-8/h12H,3-4,9-10H2,1-2H3,(H3,11,13,14). The molecule has 0 aliphatic carbocycles. The molecule has 0 bridgehead atoms. The lowest BCUT2D eigenvalue weighted by Gasteiger charge is -2.31. The monoisotopic (exact) mass is 214 g/mol. The normalized spacial score (nSPS) is 26.1. The van der Waals surface area contributed by atoms with Crippen LogP contribution in [0.4, 0.5) is 0 Å². The van der Waals surface area contributed by atoms with Gasteiger partial charge in [0.1, 0.15) is 11.5 Å². The van der Waals surface area contributed by atoms with Crippen LogP contribution in [0.15, 0.2) is 16.5 Å². The Balaban J connectivity index is 2.75. The zero-order chi connectivity index (χ0) is 11.5. The summed E-state index contributed by atoms with van der Waals surface area (Å²) in [6, 6.07) is 0. The van der Waals surface area contributed by atoms with Crippen molar-refractivity contribution in [3.63, 3.8) is 0 Å². The second-order valence-electron chi connectivity index (χ2n) is 3.32. The summed E-state index contributed by atoms with van der Waals surface area (Å²) >= 11 is 0. The molecule has 1 unspecified atom stereocenters. The van der Waals surface area contributed by atoms with Gasteiger partial charge in [-0.1, -0.05) is 6.92 Å². The van der Waals surface area contributed by atoms with Gasteiger partial charge < -0.3 is 27.3 Å². The van der Waals surface area contributed by atoms with Crippen molar-refractivity contribution in [2.24, 2.45) is 22.2 Å². The fraction of sp³-hybridized carbons (Fsp3) is 0.625. The molecule has 0 radical (unpaired) electrons. The molecule has 0 aromatic heterocycles. The molecule has 0 fully saturated rings. The van der Waals surface area contributed by atoms with Gasteiger partial charge in [-0.05, 0) is 13.5 Å². The van der Waals surface area contributed by atoms with E-state index in [1.807, 2.05) is 6.92 Å². The van der Waals surface area contributed by atoms with E-state index in [1.165, 1.54) is 0 Å². The summed E-state index contributed by atoms with van der Waals surface area (Å²) in [4.78, 5) is 4.08. The molecule has 1 atom stereocenters. The van der Waals surface area contributed by atoms with Crippen LogP contribution in [-0.2, 0) is 4.74 Å². The smallest absolute Gasteiger partial charge is 0.205 e. The van der Waals surface area contributed by atoms with Crippen LogP contribution in [0.1, 0.15) is 13.8 Å². The molecule has 1 aliphatic rings. The summed E-state index contributed by atoms with van der Waals surface area (Å²) in [6.45, 7) is 4.81. The van der Waals surface area contributed by atoms with Crippen molar-refractivity contribution in [3.05, 3.63) is 11.5 Å². The van der Waals surface area contributed by atoms with Gasteiger partial charge in [-0.3, -0.25) is 5.32 Å². The van der Waals surface area contributed by atoms with Gasteiger partial charge in [0.25, 0.3) is 0 Å². The van der Waals surface area contributed by atoms with E-state index >= 15 is 0 Å². The van der Waals surface area contributed by atoms with E-state index in [1.54, 1.807) is 6.92 Å². The van der Waals surface area contributed by atoms with Crippen LogP contribution in [0.5, 0.6) is 0 Å². The minimum atomic E-state index is -0.998. The van der Waals surface area contributed by atoms with E-state index in [0.717, 1.165) is 6.54 Å². The quantitative estimate of drug-likeness (QED) is 0.280. The molecule has 0 saturated heterocycles. The average molecular weight is 214 g/mol. The van der Waals surface area contributed by atoms with Gasteiger partial charge in [0.05, 0.1) is 6.73 Å². The van der Waals surface area contributed by atoms with Crippen molar-refractivity contribution in [2.75, 3.05) is 13.3 Å². The molecule has 0 amide bonds. The zero-order valence-corrected chi connectivity index (χ0v) is 9.00. The van der Waals surface area contributed by atoms with E-state index < -0.39 is 5.72 Å². The Morgan fingerprint density at radius 2 is 2.13 bits per heavy atom. The Hall–Kier alpha value is -1.47. The number of hydrogen-bond donors (Lipinski definition) is 5. The van der Waals surface area contributed by atoms with Gasteiger partial charge >= 0.3 is 0 Å². The molecule has 15 heavy (non-hydrogen) atoms. The second-order valence-corrected chi connectivity index (χ2v) is 3.32. The van der Waals surface area contributed by atoms with Gasteiger partial charge in [-0.2, -0.15) is 0 Å². The van der Waals surface area contributed by atoms with Crippen molar-refractivity contribution in [1.29, 1.82) is 0 Å². The van der Waals surface area contributed by atoms with Crippen molar-refractivity contribution in [1.82, 2.24) is 10.6 Å². The fourth-order valence-corrected chi connectivity index (χ4v) is 1.18. The van der Waals surface area contributed by atoms with Gasteiger partial charge in [0, 0.05) is 0 Å². The number of guanidine groups is 1. The summed E-state index contributed by atoms with van der Waals surface area (Å²) in [5.74, 6) is 0.474. The van der Waals surface area contributed by atoms with Crippen LogP contribution in [0, 0.1) is 0 Å². The Morgan fingerprint density at radius 1 is 1.47 bits per heavy atom. The van der Waals surface area contributed by atoms with Crippen LogP contribution in [0.3, 0.4) is 0 Å². The Kier molecular flexibility index (Phi) is 3.38. The minimum Gasteiger partial charge on any atom is -0.395 e. The molecule has 86 valence electrons. The number of nitrogens with one attached hydrogen (secondary N) is 2. The van der Waals surface area contributed by atoms with Crippen LogP contribution in [0.25, 0.3) is 0 Å². The topological polar surface area (TPSA) is 124 Å². The minimum absolute atomic E-state index is 0.195. The molecular weight excluding hydrogens is 196 g/mol. The van der Waals surface area contributed by atoms with Crippen LogP contribution in [0.2, 0.25) is 0 Å². The number of nitrogens with zero attached hydrogens (tertiary/aromatic N) is 1. The number of nitrogens with two attached hydrogens (primary N) is 3. The summed E-state index contributed by atoms with van der Waals surface area (Å²) in [6.07, 6.45) is 0. The lowest BCUT2D eigenvalue weighted by molar-refractivity contribution is -0.0101. The van der Waals surface area contributed by atoms with Gasteiger partial charge in [-0.25, -0.2) is 4.99 Å². The second kappa shape index (κ2) is 4.37. The molecule has 7 heteroatoms. The van der Waals surface area contributed by atoms with Crippen molar-refractivity contribution in [2.45, 2.75) is 19.6 Å². The first-order chi connectivity index (χ1) is 6.99. The van der Waals surface area contributed by atoms with E-state index in [4.69, 9.17) is 21.9 Å². The third kappa shape index (κ3) is 2.51. The highest BCUT2D eigenvalue weighted by Gasteiger charge is 2.33. The highest BCUT2D eigenvalue weighted by atomic mass is 16.5. The largest absolute Gasteiger partial charge is 0.395 e. The van der Waals surface area contributed by atoms with E-state index in [2.05, 4.69) is 15.6 Å². The summed E-state index contributed by atoms with van der Waals surface area (Å²) in [5.41, 5.74) is 16.3. The van der Waals surface area contributed by atoms with Crippen LogP contribution < -0.4 is 27.8 Å². The molecule has 0 aromatic rings. The zero-order valence-electron chi connectivity index (χ0n) is 9.00. The fourth-order valence-electron chi connectivity index (χ4n) is 1.18. The predicted molar refractivity (Wildman–Crippen MR) is 58.2 cm³/mol. The van der Waals surface area contributed by atoms with Gasteiger partial charge in [0.2, 0.25) is 5.72 Å². The first-order valence-corrected chi connectivity index (χ1v) is 4.72. The Morgan fingerprint density at radius 3 is 2.73 bits per heavy atom. The third-order valence-electron chi connectivity index (χ3n) is 2.09. The Labute approximate surface area is 88.7 Å². The van der Waals surface area contributed by atoms with Crippen LogP contribution >= 0.6 is 0 Å². The van der Waals surface area contributed by atoms with Gasteiger partial charge in [-0.15, -0.1) is 0 Å². The molecule has 0 aromatic carbocycles. The van der Waals surface area contributed by atoms with Crippen molar-refractivity contribution >= 4 is 5.96 Å². The molecule has 1 rings (SSSR count). The number of aliphatic imine (C=N–C) groups is 1. The number of rotatable bonds is 4. The maximum Gasteiger partial charge on any atom is 0.205 e. The highest BCUT2D eigenvalue weighted by molar-refractivity contribution is 5.81. The van der Waals surface area contributed by atoms with E-state index in [9.17, 15) is 0 Å². The Bertz CT molecular complexity index is 300. The van der Waals surface area contributed by atoms with Crippen LogP contribution in [-0.4, -0.2) is 25.0 Å². The summed E-state index contributed by atoms with van der Waals surface area (Å²) in [7, 11) is 0. The number of hydrogen-bond acceptors (Lipinski definition) is 7.